The van der Waals surface area contributed by atoms with Crippen molar-refractivity contribution in [3.05, 3.63) is 46.9 Å². The minimum absolute atomic E-state index is 0.379. The second-order valence-corrected chi connectivity index (χ2v) is 6.37. The molecule has 4 rings (SSSR count). The van der Waals surface area contributed by atoms with Gasteiger partial charge in [-0.2, -0.15) is 0 Å². The predicted molar refractivity (Wildman–Crippen MR) is 82.1 cm³/mol. The molecule has 1 atom stereocenters. The number of rotatable bonds is 3. The van der Waals surface area contributed by atoms with Crippen molar-refractivity contribution in [2.45, 2.75) is 31.8 Å². The van der Waals surface area contributed by atoms with E-state index in [4.69, 9.17) is 4.98 Å². The van der Waals surface area contributed by atoms with Gasteiger partial charge in [0, 0.05) is 30.2 Å². The first-order valence-electron chi connectivity index (χ1n) is 7.32. The molecule has 6 heteroatoms. The zero-order valence-electron chi connectivity index (χ0n) is 11.7. The number of imidazole rings is 1. The van der Waals surface area contributed by atoms with Gasteiger partial charge in [0.05, 0.1) is 18.3 Å². The molecule has 3 aromatic rings. The molecule has 0 unspecified atom stereocenters. The number of hydrogen-bond acceptors (Lipinski definition) is 5. The van der Waals surface area contributed by atoms with Gasteiger partial charge < -0.3 is 0 Å². The van der Waals surface area contributed by atoms with Crippen molar-refractivity contribution >= 4 is 17.1 Å². The lowest BCUT2D eigenvalue weighted by molar-refractivity contribution is 0.137. The van der Waals surface area contributed by atoms with Crippen LogP contribution < -0.4 is 0 Å². The Kier molecular flexibility index (Phi) is 3.40. The van der Waals surface area contributed by atoms with Gasteiger partial charge in [-0.3, -0.25) is 9.30 Å². The van der Waals surface area contributed by atoms with Crippen molar-refractivity contribution < 1.29 is 0 Å². The van der Waals surface area contributed by atoms with E-state index in [0.717, 1.165) is 31.0 Å². The highest BCUT2D eigenvalue weighted by Crippen LogP contribution is 2.31. The van der Waals surface area contributed by atoms with Crippen LogP contribution in [0.5, 0.6) is 0 Å². The van der Waals surface area contributed by atoms with E-state index in [1.54, 1.807) is 17.5 Å². The van der Waals surface area contributed by atoms with E-state index in [1.807, 2.05) is 22.2 Å². The maximum Gasteiger partial charge on any atom is 0.233 e. The third kappa shape index (κ3) is 2.56. The van der Waals surface area contributed by atoms with Gasteiger partial charge in [0.1, 0.15) is 5.01 Å². The number of likely N-dealkylation sites (tertiary alicyclic amines) is 1. The number of nitrogens with zero attached hydrogens (tertiary/aromatic N) is 5. The molecule has 108 valence electrons. The van der Waals surface area contributed by atoms with Gasteiger partial charge in [0.2, 0.25) is 5.78 Å². The Morgan fingerprint density at radius 2 is 2.19 bits per heavy atom. The summed E-state index contributed by atoms with van der Waals surface area (Å²) in [6.45, 7) is 2.04. The molecule has 5 nitrogen and oxygen atoms in total. The monoisotopic (exact) mass is 299 g/mol. The molecule has 4 heterocycles. The molecule has 0 bridgehead atoms. The first kappa shape index (κ1) is 12.9. The van der Waals surface area contributed by atoms with E-state index in [2.05, 4.69) is 27.1 Å². The molecule has 0 aliphatic carbocycles. The van der Waals surface area contributed by atoms with E-state index in [-0.39, 0.29) is 0 Å². The normalized spacial score (nSPS) is 20.1. The Morgan fingerprint density at radius 3 is 3.10 bits per heavy atom. The second kappa shape index (κ2) is 5.54. The molecule has 0 N–H and O–H groups in total. The summed E-state index contributed by atoms with van der Waals surface area (Å²) in [5.41, 5.74) is 1.13. The van der Waals surface area contributed by atoms with Crippen LogP contribution in [0.3, 0.4) is 0 Å². The van der Waals surface area contributed by atoms with Crippen LogP contribution in [0.25, 0.3) is 5.78 Å². The summed E-state index contributed by atoms with van der Waals surface area (Å²) in [5.74, 6) is 0.785. The smallest absolute Gasteiger partial charge is 0.233 e. The molecular formula is C15H17N5S. The highest BCUT2D eigenvalue weighted by atomic mass is 32.1. The zero-order chi connectivity index (χ0) is 14.1. The largest absolute Gasteiger partial charge is 0.291 e. The van der Waals surface area contributed by atoms with Gasteiger partial charge in [-0.1, -0.05) is 6.42 Å². The Labute approximate surface area is 127 Å². The molecule has 1 saturated heterocycles. The summed E-state index contributed by atoms with van der Waals surface area (Å²) in [7, 11) is 0. The van der Waals surface area contributed by atoms with Crippen molar-refractivity contribution in [1.29, 1.82) is 0 Å². The van der Waals surface area contributed by atoms with Gasteiger partial charge in [0.25, 0.3) is 0 Å². The van der Waals surface area contributed by atoms with Gasteiger partial charge in [-0.25, -0.2) is 15.0 Å². The molecule has 0 radical (unpaired) electrons. The van der Waals surface area contributed by atoms with E-state index in [0.29, 0.717) is 6.04 Å². The summed E-state index contributed by atoms with van der Waals surface area (Å²) in [5, 5.41) is 3.23. The van der Waals surface area contributed by atoms with E-state index < -0.39 is 0 Å². The number of thiazole rings is 1. The highest BCUT2D eigenvalue weighted by Gasteiger charge is 2.26. The maximum absolute atomic E-state index is 4.73. The summed E-state index contributed by atoms with van der Waals surface area (Å²) < 4.78 is 1.96. The van der Waals surface area contributed by atoms with Gasteiger partial charge >= 0.3 is 0 Å². The first-order valence-corrected chi connectivity index (χ1v) is 8.20. The molecule has 0 saturated carbocycles. The Bertz CT molecular complexity index is 721. The lowest BCUT2D eigenvalue weighted by Crippen LogP contribution is -2.33. The van der Waals surface area contributed by atoms with Crippen LogP contribution in [0.2, 0.25) is 0 Å². The average Bonchev–Trinajstić information content (AvgIpc) is 3.18. The van der Waals surface area contributed by atoms with Crippen molar-refractivity contribution in [3.8, 4) is 0 Å². The molecule has 3 aromatic heterocycles. The van der Waals surface area contributed by atoms with Crippen LogP contribution in [0.15, 0.2) is 36.2 Å². The van der Waals surface area contributed by atoms with E-state index in [1.165, 1.54) is 17.8 Å². The quantitative estimate of drug-likeness (QED) is 0.746. The van der Waals surface area contributed by atoms with E-state index >= 15 is 0 Å². The van der Waals surface area contributed by atoms with Crippen molar-refractivity contribution in [2.24, 2.45) is 0 Å². The molecule has 1 aliphatic rings. The molecule has 0 amide bonds. The van der Waals surface area contributed by atoms with Crippen LogP contribution in [0, 0.1) is 0 Å². The fourth-order valence-electron chi connectivity index (χ4n) is 3.02. The third-order valence-electron chi connectivity index (χ3n) is 4.06. The van der Waals surface area contributed by atoms with Crippen molar-refractivity contribution in [1.82, 2.24) is 24.3 Å². The Morgan fingerprint density at radius 1 is 1.19 bits per heavy atom. The lowest BCUT2D eigenvalue weighted by Gasteiger charge is -2.34. The first-order chi connectivity index (χ1) is 10.4. The van der Waals surface area contributed by atoms with Crippen LogP contribution in [-0.4, -0.2) is 30.8 Å². The van der Waals surface area contributed by atoms with Crippen LogP contribution >= 0.6 is 11.3 Å². The summed E-state index contributed by atoms with van der Waals surface area (Å²) in [4.78, 5) is 16.0. The molecule has 1 aliphatic heterocycles. The van der Waals surface area contributed by atoms with Gasteiger partial charge in [-0.05, 0) is 25.5 Å². The standard InChI is InChI=1S/C15H17N5S/c1-2-7-20(11-14-16-6-10-21-14)13(3-1)12-4-8-19-9-5-17-15(19)18-12/h4-6,8-10,13H,1-3,7,11H2/t13-/m1/s1. The SMILES string of the molecule is c1csc(CN2CCCC[C@@H]2c2ccn3ccnc3n2)n1. The molecule has 0 spiro atoms. The molecule has 21 heavy (non-hydrogen) atoms. The van der Waals surface area contributed by atoms with Crippen LogP contribution in [0.1, 0.15) is 36.0 Å². The maximum atomic E-state index is 4.73. The fraction of sp³-hybridized carbons (Fsp3) is 0.400. The number of aromatic nitrogens is 4. The molecule has 1 fully saturated rings. The Hall–Kier alpha value is -1.79. The number of hydrogen-bond donors (Lipinski definition) is 0. The van der Waals surface area contributed by atoms with Gasteiger partial charge in [0.15, 0.2) is 0 Å². The zero-order valence-corrected chi connectivity index (χ0v) is 12.5. The number of fused-ring (bicyclic) bond motifs is 1. The lowest BCUT2D eigenvalue weighted by atomic mass is 9.99. The summed E-state index contributed by atoms with van der Waals surface area (Å²) >= 11 is 1.73. The van der Waals surface area contributed by atoms with Crippen molar-refractivity contribution in [2.75, 3.05) is 6.54 Å². The van der Waals surface area contributed by atoms with Crippen LogP contribution in [0.4, 0.5) is 0 Å². The highest BCUT2D eigenvalue weighted by molar-refractivity contribution is 7.09. The molecule has 0 aromatic carbocycles. The fourth-order valence-corrected chi connectivity index (χ4v) is 3.66. The predicted octanol–water partition coefficient (Wildman–Crippen LogP) is 2.91. The summed E-state index contributed by atoms with van der Waals surface area (Å²) in [6.07, 6.45) is 11.3. The van der Waals surface area contributed by atoms with Crippen molar-refractivity contribution in [3.63, 3.8) is 0 Å². The minimum Gasteiger partial charge on any atom is -0.291 e. The average molecular weight is 299 g/mol. The molecular weight excluding hydrogens is 282 g/mol. The minimum atomic E-state index is 0.379. The number of piperidine rings is 1. The Balaban J connectivity index is 1.63. The van der Waals surface area contributed by atoms with Crippen LogP contribution in [-0.2, 0) is 6.54 Å². The van der Waals surface area contributed by atoms with E-state index in [9.17, 15) is 0 Å². The topological polar surface area (TPSA) is 46.3 Å². The van der Waals surface area contributed by atoms with Gasteiger partial charge in [-0.15, -0.1) is 11.3 Å². The second-order valence-electron chi connectivity index (χ2n) is 5.39. The third-order valence-corrected chi connectivity index (χ3v) is 4.82. The summed E-state index contributed by atoms with van der Waals surface area (Å²) in [6, 6.07) is 2.50.